The molecule has 4 N–H and O–H groups in total. The number of nitriles is 1. The Morgan fingerprint density at radius 2 is 1.94 bits per heavy atom. The Hall–Kier alpha value is -4.08. The summed E-state index contributed by atoms with van der Waals surface area (Å²) in [5, 5.41) is 14.9. The van der Waals surface area contributed by atoms with Gasteiger partial charge >= 0.3 is 0 Å². The van der Waals surface area contributed by atoms with Crippen LogP contribution in [-0.4, -0.2) is 56.8 Å². The highest BCUT2D eigenvalue weighted by atomic mass is 32.2. The van der Waals surface area contributed by atoms with Crippen LogP contribution >= 0.6 is 0 Å². The zero-order chi connectivity index (χ0) is 24.1. The van der Waals surface area contributed by atoms with Crippen LogP contribution in [0.25, 0.3) is 33.5 Å². The largest absolute Gasteiger partial charge is 0.384 e. The molecule has 1 fully saturated rings. The summed E-state index contributed by atoms with van der Waals surface area (Å²) in [4.78, 5) is 13.4. The van der Waals surface area contributed by atoms with Gasteiger partial charge in [-0.25, -0.2) is 18.4 Å². The van der Waals surface area contributed by atoms with Gasteiger partial charge in [-0.1, -0.05) is 0 Å². The Bertz CT molecular complexity index is 1570. The van der Waals surface area contributed by atoms with Crippen LogP contribution in [0.15, 0.2) is 48.8 Å². The number of pyridine rings is 3. The number of nitrogen functional groups attached to an aromatic ring is 2. The molecule has 172 valence electrons. The van der Waals surface area contributed by atoms with Gasteiger partial charge < -0.3 is 11.5 Å². The molecule has 0 saturated carbocycles. The topological polar surface area (TPSA) is 170 Å². The highest BCUT2D eigenvalue weighted by Crippen LogP contribution is 2.36. The van der Waals surface area contributed by atoms with Crippen molar-refractivity contribution in [2.75, 3.05) is 30.8 Å². The first-order valence-corrected chi connectivity index (χ1v) is 12.2. The van der Waals surface area contributed by atoms with Gasteiger partial charge in [-0.2, -0.15) is 14.7 Å². The first-order valence-electron chi connectivity index (χ1n) is 10.4. The van der Waals surface area contributed by atoms with E-state index >= 15 is 0 Å². The third kappa shape index (κ3) is 3.60. The van der Waals surface area contributed by atoms with Crippen LogP contribution in [0, 0.1) is 11.3 Å². The average Bonchev–Trinajstić information content (AvgIpc) is 3.24. The second-order valence-corrected chi connectivity index (χ2v) is 10.3. The second kappa shape index (κ2) is 7.75. The van der Waals surface area contributed by atoms with Crippen LogP contribution in [0.3, 0.4) is 0 Å². The molecule has 4 aromatic heterocycles. The molecule has 1 aliphatic heterocycles. The smallest absolute Gasteiger partial charge is 0.211 e. The first-order chi connectivity index (χ1) is 16.2. The summed E-state index contributed by atoms with van der Waals surface area (Å²) in [6.45, 7) is 0.369. The second-order valence-electron chi connectivity index (χ2n) is 8.33. The Balaban J connectivity index is 1.61. The van der Waals surface area contributed by atoms with Gasteiger partial charge in [0.15, 0.2) is 0 Å². The van der Waals surface area contributed by atoms with Gasteiger partial charge in [-0.05, 0) is 36.4 Å². The lowest BCUT2D eigenvalue weighted by atomic mass is 9.89. The van der Waals surface area contributed by atoms with E-state index in [-0.39, 0.29) is 25.3 Å². The highest BCUT2D eigenvalue weighted by Gasteiger charge is 2.49. The number of nitrogens with zero attached hydrogens (tertiary/aromatic N) is 7. The standard InChI is InChI=1S/C22H21N9O2S/c1-34(32,33)30-12-22(13-30,7-8-23)31-10-6-16(29-31)20-14-3-2-9-26-17(14)11-18(27-20)15-4-5-19(24)28-21(15)25/h2-6,9-11H,7,12-13H2,1H3,(H4,24,25,28). The van der Waals surface area contributed by atoms with Crippen molar-refractivity contribution in [1.82, 2.24) is 29.0 Å². The highest BCUT2D eigenvalue weighted by molar-refractivity contribution is 7.88. The van der Waals surface area contributed by atoms with Gasteiger partial charge in [0, 0.05) is 36.4 Å². The van der Waals surface area contributed by atoms with Crippen molar-refractivity contribution in [3.05, 3.63) is 48.8 Å². The summed E-state index contributed by atoms with van der Waals surface area (Å²) >= 11 is 0. The molecule has 0 unspecified atom stereocenters. The molecule has 0 aromatic carbocycles. The minimum Gasteiger partial charge on any atom is -0.384 e. The predicted octanol–water partition coefficient (Wildman–Crippen LogP) is 1.60. The van der Waals surface area contributed by atoms with Crippen molar-refractivity contribution < 1.29 is 8.42 Å². The van der Waals surface area contributed by atoms with E-state index in [0.29, 0.717) is 34.0 Å². The van der Waals surface area contributed by atoms with Gasteiger partial charge in [-0.3, -0.25) is 9.67 Å². The third-order valence-electron chi connectivity index (χ3n) is 5.96. The lowest BCUT2D eigenvalue weighted by molar-refractivity contribution is 0.0726. The fraction of sp³-hybridized carbons (Fsp3) is 0.227. The molecular formula is C22H21N9O2S. The minimum absolute atomic E-state index is 0.129. The molecule has 0 atom stereocenters. The zero-order valence-electron chi connectivity index (χ0n) is 18.3. The van der Waals surface area contributed by atoms with Crippen molar-refractivity contribution >= 4 is 32.6 Å². The number of anilines is 2. The lowest BCUT2D eigenvalue weighted by Gasteiger charge is -2.47. The number of aromatic nitrogens is 5. The lowest BCUT2D eigenvalue weighted by Crippen LogP contribution is -2.63. The summed E-state index contributed by atoms with van der Waals surface area (Å²) in [6.07, 6.45) is 4.73. The Morgan fingerprint density at radius 3 is 2.65 bits per heavy atom. The van der Waals surface area contributed by atoms with Crippen LogP contribution in [-0.2, 0) is 15.6 Å². The summed E-state index contributed by atoms with van der Waals surface area (Å²) < 4.78 is 26.8. The fourth-order valence-electron chi connectivity index (χ4n) is 4.16. The molecule has 5 heterocycles. The number of nitrogens with two attached hydrogens (primary N) is 2. The molecule has 0 radical (unpaired) electrons. The summed E-state index contributed by atoms with van der Waals surface area (Å²) in [5.74, 6) is 0.563. The van der Waals surface area contributed by atoms with Gasteiger partial charge in [0.2, 0.25) is 10.0 Å². The molecule has 4 aromatic rings. The number of hydrogen-bond acceptors (Lipinski definition) is 9. The van der Waals surface area contributed by atoms with Gasteiger partial charge in [0.25, 0.3) is 0 Å². The van der Waals surface area contributed by atoms with Gasteiger partial charge in [-0.15, -0.1) is 0 Å². The maximum absolute atomic E-state index is 11.9. The van der Waals surface area contributed by atoms with Crippen LogP contribution in [0.5, 0.6) is 0 Å². The monoisotopic (exact) mass is 475 g/mol. The van der Waals surface area contributed by atoms with Crippen molar-refractivity contribution in [2.24, 2.45) is 0 Å². The molecule has 0 amide bonds. The molecular weight excluding hydrogens is 454 g/mol. The van der Waals surface area contributed by atoms with Crippen LogP contribution in [0.1, 0.15) is 6.42 Å². The number of fused-ring (bicyclic) bond motifs is 1. The van der Waals surface area contributed by atoms with E-state index < -0.39 is 15.6 Å². The average molecular weight is 476 g/mol. The molecule has 0 aliphatic carbocycles. The maximum Gasteiger partial charge on any atom is 0.211 e. The normalized spacial score (nSPS) is 15.6. The summed E-state index contributed by atoms with van der Waals surface area (Å²) in [7, 11) is -3.35. The Morgan fingerprint density at radius 1 is 1.15 bits per heavy atom. The maximum atomic E-state index is 11.9. The number of rotatable bonds is 5. The molecule has 11 nitrogen and oxygen atoms in total. The summed E-state index contributed by atoms with van der Waals surface area (Å²) in [6, 6.07) is 12.9. The van der Waals surface area contributed by atoms with Crippen LogP contribution in [0.2, 0.25) is 0 Å². The molecule has 0 bridgehead atoms. The molecule has 1 saturated heterocycles. The van der Waals surface area contributed by atoms with Crippen molar-refractivity contribution in [3.8, 4) is 28.7 Å². The molecule has 5 rings (SSSR count). The van der Waals surface area contributed by atoms with Crippen molar-refractivity contribution in [2.45, 2.75) is 12.0 Å². The quantitative estimate of drug-likeness (QED) is 0.435. The first kappa shape index (κ1) is 21.7. The van der Waals surface area contributed by atoms with Gasteiger partial charge in [0.1, 0.15) is 28.6 Å². The van der Waals surface area contributed by atoms with Gasteiger partial charge in [0.05, 0.1) is 30.0 Å². The molecule has 1 aliphatic rings. The zero-order valence-corrected chi connectivity index (χ0v) is 19.1. The van der Waals surface area contributed by atoms with Crippen LogP contribution in [0.4, 0.5) is 11.6 Å². The predicted molar refractivity (Wildman–Crippen MR) is 127 cm³/mol. The van der Waals surface area contributed by atoms with E-state index in [4.69, 9.17) is 21.5 Å². The summed E-state index contributed by atoms with van der Waals surface area (Å²) in [5.41, 5.74) is 14.1. The number of sulfonamides is 1. The SMILES string of the molecule is CS(=O)(=O)N1CC(CC#N)(n2ccc(-c3nc(-c4ccc(N)nc4N)cc4ncccc34)n2)C1. The minimum atomic E-state index is -3.35. The van der Waals surface area contributed by atoms with E-state index in [1.54, 1.807) is 35.3 Å². The molecule has 34 heavy (non-hydrogen) atoms. The van der Waals surface area contributed by atoms with Crippen molar-refractivity contribution in [1.29, 1.82) is 5.26 Å². The Kier molecular flexibility index (Phi) is 4.96. The van der Waals surface area contributed by atoms with E-state index in [1.807, 2.05) is 18.2 Å². The molecule has 0 spiro atoms. The van der Waals surface area contributed by atoms with E-state index in [9.17, 15) is 13.7 Å². The Labute approximate surface area is 195 Å². The fourth-order valence-corrected chi connectivity index (χ4v) is 5.11. The van der Waals surface area contributed by atoms with E-state index in [0.717, 1.165) is 11.6 Å². The van der Waals surface area contributed by atoms with E-state index in [2.05, 4.69) is 16.0 Å². The number of hydrogen-bond donors (Lipinski definition) is 2. The third-order valence-corrected chi connectivity index (χ3v) is 7.15. The van der Waals surface area contributed by atoms with Crippen molar-refractivity contribution in [3.63, 3.8) is 0 Å². The molecule has 12 heteroatoms. The van der Waals surface area contributed by atoms with Crippen LogP contribution < -0.4 is 11.5 Å². The van der Waals surface area contributed by atoms with E-state index in [1.165, 1.54) is 4.31 Å².